The normalized spacial score (nSPS) is 10.1. The van der Waals surface area contributed by atoms with Crippen molar-refractivity contribution in [3.63, 3.8) is 0 Å². The molecule has 0 N–H and O–H groups in total. The van der Waals surface area contributed by atoms with Crippen molar-refractivity contribution in [1.29, 1.82) is 5.26 Å². The van der Waals surface area contributed by atoms with Crippen LogP contribution in [-0.4, -0.2) is 7.11 Å². The van der Waals surface area contributed by atoms with Gasteiger partial charge in [0.2, 0.25) is 0 Å². The predicted molar refractivity (Wildman–Crippen MR) is 69.9 cm³/mol. The molecule has 0 aliphatic heterocycles. The van der Waals surface area contributed by atoms with Gasteiger partial charge in [0.25, 0.3) is 6.26 Å². The highest BCUT2D eigenvalue weighted by atomic mass is 16.5. The van der Waals surface area contributed by atoms with Crippen LogP contribution in [0.1, 0.15) is 0 Å². The minimum Gasteiger partial charge on any atom is -0.497 e. The Labute approximate surface area is 110 Å². The Balaban J connectivity index is 2.07. The molecule has 0 aromatic heterocycles. The fraction of sp³-hybridized carbons (Fsp3) is 0.0714. The van der Waals surface area contributed by atoms with Crippen molar-refractivity contribution in [2.75, 3.05) is 7.11 Å². The van der Waals surface area contributed by atoms with Crippen LogP contribution in [0.15, 0.2) is 58.8 Å². The highest BCUT2D eigenvalue weighted by molar-refractivity contribution is 5.44. The van der Waals surface area contributed by atoms with E-state index in [4.69, 9.17) is 10.00 Å². The van der Waals surface area contributed by atoms with E-state index in [2.05, 4.69) is 15.0 Å². The molecule has 94 valence electrons. The topological polar surface area (TPSA) is 67.0 Å². The van der Waals surface area contributed by atoms with Crippen LogP contribution in [0.3, 0.4) is 0 Å². The summed E-state index contributed by atoms with van der Waals surface area (Å²) in [6, 6.07) is 14.0. The Hall–Kier alpha value is -2.87. The van der Waals surface area contributed by atoms with Crippen molar-refractivity contribution in [2.45, 2.75) is 0 Å². The second kappa shape index (κ2) is 6.17. The molecular weight excluding hydrogens is 242 g/mol. The first-order valence-corrected chi connectivity index (χ1v) is 5.53. The zero-order valence-corrected chi connectivity index (χ0v) is 10.3. The predicted octanol–water partition coefficient (Wildman–Crippen LogP) is 3.97. The van der Waals surface area contributed by atoms with E-state index in [0.717, 1.165) is 11.4 Å². The summed E-state index contributed by atoms with van der Waals surface area (Å²) in [6.07, 6.45) is 1.61. The molecule has 0 aliphatic rings. The van der Waals surface area contributed by atoms with Gasteiger partial charge < -0.3 is 9.47 Å². The van der Waals surface area contributed by atoms with Gasteiger partial charge in [-0.15, -0.1) is 5.26 Å². The number of hydrogen-bond donors (Lipinski definition) is 0. The Morgan fingerprint density at radius 3 is 1.74 bits per heavy atom. The summed E-state index contributed by atoms with van der Waals surface area (Å²) in [5.74, 6) is 1.25. The SMILES string of the molecule is COc1ccc(N=Nc2ccc(OC#N)cc2)cc1. The lowest BCUT2D eigenvalue weighted by Crippen LogP contribution is -1.80. The van der Waals surface area contributed by atoms with Gasteiger partial charge in [-0.05, 0) is 48.5 Å². The highest BCUT2D eigenvalue weighted by Gasteiger charge is 1.95. The second-order valence-corrected chi connectivity index (χ2v) is 3.59. The molecule has 2 rings (SSSR count). The molecule has 2 aromatic rings. The number of nitrogens with zero attached hydrogens (tertiary/aromatic N) is 3. The van der Waals surface area contributed by atoms with Gasteiger partial charge in [-0.25, -0.2) is 0 Å². The van der Waals surface area contributed by atoms with Gasteiger partial charge in [0.1, 0.15) is 11.5 Å². The summed E-state index contributed by atoms with van der Waals surface area (Å²) in [5.41, 5.74) is 1.42. The lowest BCUT2D eigenvalue weighted by atomic mass is 10.3. The fourth-order valence-corrected chi connectivity index (χ4v) is 1.40. The first-order valence-electron chi connectivity index (χ1n) is 5.53. The van der Waals surface area contributed by atoms with Crippen molar-refractivity contribution in [3.05, 3.63) is 48.5 Å². The summed E-state index contributed by atoms with van der Waals surface area (Å²) in [4.78, 5) is 0. The summed E-state index contributed by atoms with van der Waals surface area (Å²) in [5, 5.41) is 16.5. The molecule has 0 fully saturated rings. The van der Waals surface area contributed by atoms with E-state index in [9.17, 15) is 0 Å². The number of rotatable bonds is 4. The van der Waals surface area contributed by atoms with Crippen molar-refractivity contribution in [2.24, 2.45) is 10.2 Å². The zero-order chi connectivity index (χ0) is 13.5. The molecule has 0 unspecified atom stereocenters. The van der Waals surface area contributed by atoms with Crippen LogP contribution in [-0.2, 0) is 0 Å². The van der Waals surface area contributed by atoms with Crippen molar-refractivity contribution in [3.8, 4) is 17.8 Å². The second-order valence-electron chi connectivity index (χ2n) is 3.59. The van der Waals surface area contributed by atoms with E-state index in [0.29, 0.717) is 11.4 Å². The number of hydrogen-bond acceptors (Lipinski definition) is 5. The monoisotopic (exact) mass is 253 g/mol. The summed E-state index contributed by atoms with van der Waals surface area (Å²) in [7, 11) is 1.61. The Bertz CT molecular complexity index is 598. The molecule has 5 nitrogen and oxygen atoms in total. The molecule has 0 spiro atoms. The first-order chi connectivity index (χ1) is 9.31. The number of nitriles is 1. The van der Waals surface area contributed by atoms with Crippen molar-refractivity contribution < 1.29 is 9.47 Å². The molecular formula is C14H11N3O2. The average molecular weight is 253 g/mol. The third-order valence-electron chi connectivity index (χ3n) is 2.35. The molecule has 5 heteroatoms. The molecule has 0 radical (unpaired) electrons. The number of benzene rings is 2. The maximum Gasteiger partial charge on any atom is 0.292 e. The molecule has 0 saturated carbocycles. The molecule has 0 aliphatic carbocycles. The Kier molecular flexibility index (Phi) is 4.09. The van der Waals surface area contributed by atoms with Gasteiger partial charge in [-0.3, -0.25) is 0 Å². The van der Waals surface area contributed by atoms with Crippen LogP contribution in [0.2, 0.25) is 0 Å². The highest BCUT2D eigenvalue weighted by Crippen LogP contribution is 2.22. The molecule has 0 bridgehead atoms. The maximum absolute atomic E-state index is 8.36. The van der Waals surface area contributed by atoms with Gasteiger partial charge in [-0.1, -0.05) is 0 Å². The van der Waals surface area contributed by atoms with Gasteiger partial charge in [-0.2, -0.15) is 10.2 Å². The van der Waals surface area contributed by atoms with Crippen LogP contribution in [0, 0.1) is 11.5 Å². The molecule has 2 aromatic carbocycles. The van der Waals surface area contributed by atoms with Gasteiger partial charge in [0, 0.05) is 0 Å². The van der Waals surface area contributed by atoms with Crippen molar-refractivity contribution in [1.82, 2.24) is 0 Å². The van der Waals surface area contributed by atoms with Crippen LogP contribution < -0.4 is 9.47 Å². The Morgan fingerprint density at radius 2 is 1.32 bits per heavy atom. The van der Waals surface area contributed by atoms with Gasteiger partial charge >= 0.3 is 0 Å². The van der Waals surface area contributed by atoms with Crippen LogP contribution in [0.5, 0.6) is 11.5 Å². The molecule has 0 atom stereocenters. The Morgan fingerprint density at radius 1 is 0.842 bits per heavy atom. The third-order valence-corrected chi connectivity index (χ3v) is 2.35. The lowest BCUT2D eigenvalue weighted by molar-refractivity contribution is 0.415. The molecule has 19 heavy (non-hydrogen) atoms. The number of ether oxygens (including phenoxy) is 2. The summed E-state index contributed by atoms with van der Waals surface area (Å²) < 4.78 is 9.72. The number of azo groups is 1. The van der Waals surface area contributed by atoms with E-state index in [1.54, 1.807) is 37.6 Å². The smallest absolute Gasteiger partial charge is 0.292 e. The van der Waals surface area contributed by atoms with E-state index in [1.807, 2.05) is 24.3 Å². The van der Waals surface area contributed by atoms with Gasteiger partial charge in [0.05, 0.1) is 18.5 Å². The quantitative estimate of drug-likeness (QED) is 0.611. The fourth-order valence-electron chi connectivity index (χ4n) is 1.40. The third kappa shape index (κ3) is 3.54. The van der Waals surface area contributed by atoms with E-state index >= 15 is 0 Å². The zero-order valence-electron chi connectivity index (χ0n) is 10.3. The summed E-state index contributed by atoms with van der Waals surface area (Å²) >= 11 is 0. The minimum absolute atomic E-state index is 0.478. The van der Waals surface area contributed by atoms with Crippen LogP contribution in [0.25, 0.3) is 0 Å². The lowest BCUT2D eigenvalue weighted by Gasteiger charge is -1.98. The van der Waals surface area contributed by atoms with Crippen molar-refractivity contribution >= 4 is 11.4 Å². The van der Waals surface area contributed by atoms with E-state index in [-0.39, 0.29) is 0 Å². The first kappa shape index (κ1) is 12.6. The van der Waals surface area contributed by atoms with Gasteiger partial charge in [0.15, 0.2) is 0 Å². The average Bonchev–Trinajstić information content (AvgIpc) is 2.47. The molecule has 0 saturated heterocycles. The summed E-state index contributed by atoms with van der Waals surface area (Å²) in [6.45, 7) is 0. The molecule has 0 heterocycles. The minimum atomic E-state index is 0.478. The largest absolute Gasteiger partial charge is 0.497 e. The van der Waals surface area contributed by atoms with E-state index < -0.39 is 0 Å². The number of methoxy groups -OCH3 is 1. The van der Waals surface area contributed by atoms with E-state index in [1.165, 1.54) is 0 Å². The van der Waals surface area contributed by atoms with Crippen LogP contribution >= 0.6 is 0 Å². The molecule has 0 amide bonds. The standard InChI is InChI=1S/C14H11N3O2/c1-18-13-6-2-11(3-7-13)16-17-12-4-8-14(9-5-12)19-10-15/h2-9H,1H3. The maximum atomic E-state index is 8.36. The van der Waals surface area contributed by atoms with Crippen LogP contribution in [0.4, 0.5) is 11.4 Å².